The maximum absolute atomic E-state index is 14.3. The number of benzene rings is 2. The van der Waals surface area contributed by atoms with Gasteiger partial charge >= 0.3 is 35.7 Å². The Morgan fingerprint density at radius 3 is 1.46 bits per heavy atom. The second-order valence-corrected chi connectivity index (χ2v) is 11.7. The summed E-state index contributed by atoms with van der Waals surface area (Å²) in [4.78, 5) is 71.6. The maximum atomic E-state index is 14.3. The molecule has 2 heterocycles. The number of nitrogens with zero attached hydrogens (tertiary/aromatic N) is 4. The van der Waals surface area contributed by atoms with Crippen molar-refractivity contribution in [3.63, 3.8) is 0 Å². The third-order valence-corrected chi connectivity index (χ3v) is 7.78. The van der Waals surface area contributed by atoms with E-state index in [1.807, 2.05) is 0 Å². The van der Waals surface area contributed by atoms with Crippen LogP contribution in [0.25, 0.3) is 11.4 Å². The molecule has 4 aromatic rings. The number of ether oxygens (including phenoxy) is 4. The van der Waals surface area contributed by atoms with Crippen molar-refractivity contribution in [1.29, 1.82) is 0 Å². The van der Waals surface area contributed by atoms with Crippen molar-refractivity contribution in [1.82, 2.24) is 18.3 Å². The molecular weight excluding hydrogens is 823 g/mol. The van der Waals surface area contributed by atoms with Gasteiger partial charge in [-0.25, -0.2) is 37.1 Å². The predicted molar refractivity (Wildman–Crippen MR) is 178 cm³/mol. The van der Waals surface area contributed by atoms with E-state index >= 15 is 0 Å². The molecule has 0 aliphatic rings. The number of alkyl halides is 6. The van der Waals surface area contributed by atoms with Crippen LogP contribution < -0.4 is 32.0 Å². The lowest BCUT2D eigenvalue weighted by molar-refractivity contribution is -0.148. The molecule has 0 fully saturated rings. The molecule has 0 radical (unpaired) electrons. The van der Waals surface area contributed by atoms with Crippen LogP contribution in [-0.2, 0) is 45.5 Å². The van der Waals surface area contributed by atoms with E-state index in [0.29, 0.717) is 12.1 Å². The van der Waals surface area contributed by atoms with Gasteiger partial charge in [0.1, 0.15) is 34.5 Å². The van der Waals surface area contributed by atoms with Crippen LogP contribution in [-0.4, -0.2) is 50.5 Å². The van der Waals surface area contributed by atoms with Gasteiger partial charge in [-0.2, -0.15) is 26.3 Å². The lowest BCUT2D eigenvalue weighted by Gasteiger charge is -2.17. The van der Waals surface area contributed by atoms with E-state index in [0.717, 1.165) is 40.4 Å². The van der Waals surface area contributed by atoms with E-state index in [-0.39, 0.29) is 51.9 Å². The monoisotopic (exact) mass is 846 g/mol. The number of esters is 2. The Morgan fingerprint density at radius 2 is 1.09 bits per heavy atom. The van der Waals surface area contributed by atoms with Gasteiger partial charge in [-0.1, -0.05) is 23.2 Å². The lowest BCUT2D eigenvalue weighted by Crippen LogP contribution is -2.41. The summed E-state index contributed by atoms with van der Waals surface area (Å²) in [6, 6.07) is 3.24. The second-order valence-electron chi connectivity index (χ2n) is 10.9. The number of methoxy groups -OCH3 is 2. The molecule has 1 unspecified atom stereocenters. The van der Waals surface area contributed by atoms with Crippen LogP contribution in [0.1, 0.15) is 18.3 Å². The zero-order valence-corrected chi connectivity index (χ0v) is 30.4. The van der Waals surface area contributed by atoms with Gasteiger partial charge in [0.25, 0.3) is 11.1 Å². The summed E-state index contributed by atoms with van der Waals surface area (Å²) in [5, 5.41) is -0.656. The number of aromatic nitrogens is 4. The van der Waals surface area contributed by atoms with Gasteiger partial charge in [0.05, 0.1) is 35.6 Å². The van der Waals surface area contributed by atoms with Crippen LogP contribution in [0.4, 0.5) is 35.1 Å². The molecule has 56 heavy (non-hydrogen) atoms. The third-order valence-electron chi connectivity index (χ3n) is 7.19. The zero-order valence-electron chi connectivity index (χ0n) is 28.9. The van der Waals surface area contributed by atoms with E-state index in [1.54, 1.807) is 0 Å². The standard InChI is InChI=1S/C16H13ClF4N2O5.C16H11ClF4N2O5/c2*1-7(14(25)27-3)28-11-5-10(9(18)4-8(11)17)23-13(24)6-12(16(19,20)21)22(2)15(23)26/h4-7H,1-3H3;4-6H,1H2,2-3H3. The molecule has 24 heteroatoms. The minimum Gasteiger partial charge on any atom is -0.477 e. The fraction of sp³-hybridized carbons (Fsp3) is 0.250. The largest absolute Gasteiger partial charge is 0.477 e. The Bertz CT molecular complexity index is 2470. The summed E-state index contributed by atoms with van der Waals surface area (Å²) >= 11 is 11.6. The number of hydrogen-bond donors (Lipinski definition) is 0. The van der Waals surface area contributed by atoms with Crippen molar-refractivity contribution in [2.24, 2.45) is 14.1 Å². The van der Waals surface area contributed by atoms with Gasteiger partial charge in [-0.15, -0.1) is 0 Å². The molecular formula is C32H24Cl2F8N4O10. The highest BCUT2D eigenvalue weighted by molar-refractivity contribution is 6.32. The van der Waals surface area contributed by atoms with Gasteiger partial charge in [-0.3, -0.25) is 18.7 Å². The molecule has 1 atom stereocenters. The molecule has 302 valence electrons. The van der Waals surface area contributed by atoms with Crippen molar-refractivity contribution in [2.45, 2.75) is 25.4 Å². The number of halogens is 10. The third kappa shape index (κ3) is 9.48. The van der Waals surface area contributed by atoms with E-state index in [1.165, 1.54) is 6.92 Å². The van der Waals surface area contributed by atoms with Gasteiger partial charge in [-0.05, 0) is 25.6 Å². The average molecular weight is 847 g/mol. The molecule has 0 saturated carbocycles. The summed E-state index contributed by atoms with van der Waals surface area (Å²) < 4.78 is 126. The van der Waals surface area contributed by atoms with E-state index in [2.05, 4.69) is 16.1 Å². The van der Waals surface area contributed by atoms with Crippen molar-refractivity contribution in [2.75, 3.05) is 14.2 Å². The number of carbonyl (C=O) groups excluding carboxylic acids is 2. The van der Waals surface area contributed by atoms with Crippen molar-refractivity contribution in [3.05, 3.63) is 123 Å². The van der Waals surface area contributed by atoms with Crippen molar-refractivity contribution in [3.8, 4) is 22.9 Å². The topological polar surface area (TPSA) is 159 Å². The minimum atomic E-state index is -4.97. The van der Waals surface area contributed by atoms with Crippen LogP contribution in [0.2, 0.25) is 10.0 Å². The minimum absolute atomic E-state index is 0.142. The van der Waals surface area contributed by atoms with Crippen LogP contribution in [0.3, 0.4) is 0 Å². The summed E-state index contributed by atoms with van der Waals surface area (Å²) in [7, 11) is 3.70. The maximum Gasteiger partial charge on any atom is 0.431 e. The Hall–Kier alpha value is -5.90. The second kappa shape index (κ2) is 16.9. The summed E-state index contributed by atoms with van der Waals surface area (Å²) in [5.41, 5.74) is -10.2. The van der Waals surface area contributed by atoms with Gasteiger partial charge in [0.2, 0.25) is 5.76 Å². The normalized spacial score (nSPS) is 11.9. The van der Waals surface area contributed by atoms with Crippen molar-refractivity contribution < 1.29 is 63.7 Å². The Morgan fingerprint density at radius 1 is 0.696 bits per heavy atom. The first-order valence-electron chi connectivity index (χ1n) is 14.8. The van der Waals surface area contributed by atoms with E-state index < -0.39 is 93.0 Å². The van der Waals surface area contributed by atoms with Gasteiger partial charge in [0.15, 0.2) is 6.10 Å². The van der Waals surface area contributed by atoms with Gasteiger partial charge < -0.3 is 18.9 Å². The molecule has 0 aliphatic carbocycles. The first-order chi connectivity index (χ1) is 25.8. The summed E-state index contributed by atoms with van der Waals surface area (Å²) in [6.45, 7) is 4.57. The fourth-order valence-corrected chi connectivity index (χ4v) is 4.86. The zero-order chi connectivity index (χ0) is 42.8. The Labute approximate surface area is 316 Å². The quantitative estimate of drug-likeness (QED) is 0.105. The number of carbonyl (C=O) groups is 2. The SMILES string of the molecule is C=C(Oc1cc(-n2c(=O)cc(C(F)(F)F)n(C)c2=O)c(F)cc1Cl)C(=O)OC.COC(=O)C(C)Oc1cc(-n2c(=O)cc(C(F)(F)F)n(C)c2=O)c(F)cc1Cl. The molecule has 0 N–H and O–H groups in total. The molecule has 4 rings (SSSR count). The molecule has 2 aromatic heterocycles. The fourth-order valence-electron chi connectivity index (χ4n) is 4.48. The van der Waals surface area contributed by atoms with E-state index in [4.69, 9.17) is 32.7 Å². The highest BCUT2D eigenvalue weighted by Crippen LogP contribution is 2.33. The molecule has 14 nitrogen and oxygen atoms in total. The van der Waals surface area contributed by atoms with Crippen LogP contribution >= 0.6 is 23.2 Å². The number of hydrogen-bond acceptors (Lipinski definition) is 10. The molecule has 0 amide bonds. The van der Waals surface area contributed by atoms with Crippen LogP contribution in [0.5, 0.6) is 11.5 Å². The predicted octanol–water partition coefficient (Wildman–Crippen LogP) is 4.70. The lowest BCUT2D eigenvalue weighted by atomic mass is 10.2. The highest BCUT2D eigenvalue weighted by Gasteiger charge is 2.36. The van der Waals surface area contributed by atoms with Crippen molar-refractivity contribution >= 4 is 35.1 Å². The number of rotatable bonds is 8. The summed E-state index contributed by atoms with van der Waals surface area (Å²) in [6.07, 6.45) is -11.1. The molecule has 0 saturated heterocycles. The molecule has 0 bridgehead atoms. The first kappa shape index (κ1) is 44.5. The molecule has 0 aliphatic heterocycles. The molecule has 0 spiro atoms. The smallest absolute Gasteiger partial charge is 0.431 e. The highest BCUT2D eigenvalue weighted by atomic mass is 35.5. The first-order valence-corrected chi connectivity index (χ1v) is 15.5. The molecule has 2 aromatic carbocycles. The average Bonchev–Trinajstić information content (AvgIpc) is 3.10. The Kier molecular flexibility index (Phi) is 13.4. The Balaban J connectivity index is 0.000000300. The van der Waals surface area contributed by atoms with E-state index in [9.17, 15) is 63.9 Å². The summed E-state index contributed by atoms with van der Waals surface area (Å²) in [5.74, 6) is -5.35. The van der Waals surface area contributed by atoms with Crippen LogP contribution in [0, 0.1) is 11.6 Å². The van der Waals surface area contributed by atoms with Crippen LogP contribution in [0.15, 0.2) is 67.9 Å². The van der Waals surface area contributed by atoms with Gasteiger partial charge in [0, 0.05) is 38.4 Å².